The number of carbonyl (C=O) groups excluding carboxylic acids is 2. The van der Waals surface area contributed by atoms with E-state index in [1.807, 2.05) is 0 Å². The minimum atomic E-state index is -0.439. The molecular weight excluding hydrogens is 308 g/mol. The number of methoxy groups -OCH3 is 1. The van der Waals surface area contributed by atoms with E-state index in [9.17, 15) is 9.59 Å². The number of hydrogen-bond donors (Lipinski definition) is 2. The lowest BCUT2D eigenvalue weighted by atomic mass is 10.00. The van der Waals surface area contributed by atoms with Gasteiger partial charge in [-0.15, -0.1) is 12.4 Å². The van der Waals surface area contributed by atoms with Crippen LogP contribution < -0.4 is 11.1 Å². The standard InChI is InChI=1S/C15H22N2O4.ClH/c1-9-12(15(19)20-2)7-11(21-9)8-17-14(18)6-10-4-3-5-13(10)16;/h7,10,13H,3-6,8,16H2,1-2H3,(H,17,18);1H/t10-,13+;/m0./s1. The molecule has 1 saturated carbocycles. The second-order valence-corrected chi connectivity index (χ2v) is 5.51. The molecule has 1 aliphatic carbocycles. The summed E-state index contributed by atoms with van der Waals surface area (Å²) < 4.78 is 10.1. The molecule has 1 heterocycles. The molecule has 3 N–H and O–H groups in total. The van der Waals surface area contributed by atoms with Crippen molar-refractivity contribution in [1.82, 2.24) is 5.32 Å². The largest absolute Gasteiger partial charge is 0.465 e. The molecule has 7 heteroatoms. The lowest BCUT2D eigenvalue weighted by molar-refractivity contribution is -0.122. The summed E-state index contributed by atoms with van der Waals surface area (Å²) in [5, 5.41) is 2.80. The molecule has 124 valence electrons. The fourth-order valence-electron chi connectivity index (χ4n) is 2.76. The quantitative estimate of drug-likeness (QED) is 0.804. The zero-order valence-corrected chi connectivity index (χ0v) is 13.7. The van der Waals surface area contributed by atoms with Crippen LogP contribution in [0.2, 0.25) is 0 Å². The topological polar surface area (TPSA) is 94.6 Å². The van der Waals surface area contributed by atoms with Gasteiger partial charge in [0.1, 0.15) is 17.1 Å². The molecule has 1 aromatic rings. The molecular formula is C15H23ClN2O4. The SMILES string of the molecule is COC(=O)c1cc(CNC(=O)C[C@@H]2CCC[C@H]2N)oc1C.Cl. The Morgan fingerprint density at radius 3 is 2.77 bits per heavy atom. The van der Waals surface area contributed by atoms with Gasteiger partial charge in [-0.3, -0.25) is 4.79 Å². The molecule has 0 aliphatic heterocycles. The zero-order valence-electron chi connectivity index (χ0n) is 12.9. The van der Waals surface area contributed by atoms with Crippen molar-refractivity contribution < 1.29 is 18.7 Å². The second-order valence-electron chi connectivity index (χ2n) is 5.51. The van der Waals surface area contributed by atoms with Gasteiger partial charge in [-0.25, -0.2) is 4.79 Å². The molecule has 0 bridgehead atoms. The molecule has 22 heavy (non-hydrogen) atoms. The normalized spacial score (nSPS) is 20.3. The third-order valence-electron chi connectivity index (χ3n) is 4.00. The van der Waals surface area contributed by atoms with Gasteiger partial charge in [0.2, 0.25) is 5.91 Å². The average Bonchev–Trinajstić information content (AvgIpc) is 3.02. The Kier molecular flexibility index (Phi) is 6.90. The summed E-state index contributed by atoms with van der Waals surface area (Å²) in [6, 6.07) is 1.73. The number of carbonyl (C=O) groups is 2. The Bertz CT molecular complexity index is 530. The van der Waals surface area contributed by atoms with Crippen LogP contribution in [0.5, 0.6) is 0 Å². The van der Waals surface area contributed by atoms with E-state index >= 15 is 0 Å². The number of esters is 1. The molecule has 0 radical (unpaired) electrons. The zero-order chi connectivity index (χ0) is 15.4. The van der Waals surface area contributed by atoms with Crippen LogP contribution in [0.25, 0.3) is 0 Å². The number of nitrogens with two attached hydrogens (primary N) is 1. The van der Waals surface area contributed by atoms with Gasteiger partial charge in [0.05, 0.1) is 13.7 Å². The number of ether oxygens (including phenoxy) is 1. The fourth-order valence-corrected chi connectivity index (χ4v) is 2.76. The van der Waals surface area contributed by atoms with Crippen molar-refractivity contribution in [3.63, 3.8) is 0 Å². The molecule has 1 amide bonds. The summed E-state index contributed by atoms with van der Waals surface area (Å²) in [7, 11) is 1.32. The van der Waals surface area contributed by atoms with Crippen molar-refractivity contribution in [2.24, 2.45) is 11.7 Å². The van der Waals surface area contributed by atoms with Crippen LogP contribution in [0, 0.1) is 12.8 Å². The Labute approximate surface area is 136 Å². The van der Waals surface area contributed by atoms with Crippen molar-refractivity contribution in [3.8, 4) is 0 Å². The van der Waals surface area contributed by atoms with Crippen molar-refractivity contribution in [2.75, 3.05) is 7.11 Å². The van der Waals surface area contributed by atoms with E-state index in [-0.39, 0.29) is 36.8 Å². The first-order chi connectivity index (χ1) is 10.0. The highest BCUT2D eigenvalue weighted by molar-refractivity contribution is 5.90. The lowest BCUT2D eigenvalue weighted by Gasteiger charge is -2.14. The lowest BCUT2D eigenvalue weighted by Crippen LogP contribution is -2.31. The van der Waals surface area contributed by atoms with E-state index in [1.54, 1.807) is 13.0 Å². The molecule has 0 saturated heterocycles. The van der Waals surface area contributed by atoms with Crippen LogP contribution in [0.15, 0.2) is 10.5 Å². The van der Waals surface area contributed by atoms with Crippen LogP contribution in [-0.4, -0.2) is 25.0 Å². The van der Waals surface area contributed by atoms with E-state index in [2.05, 4.69) is 10.1 Å². The first kappa shape index (κ1) is 18.5. The molecule has 1 aliphatic rings. The van der Waals surface area contributed by atoms with E-state index in [1.165, 1.54) is 7.11 Å². The minimum Gasteiger partial charge on any atom is -0.465 e. The first-order valence-corrected chi connectivity index (χ1v) is 7.21. The molecule has 0 unspecified atom stereocenters. The first-order valence-electron chi connectivity index (χ1n) is 7.21. The van der Waals surface area contributed by atoms with Crippen molar-refractivity contribution in [1.29, 1.82) is 0 Å². The third kappa shape index (κ3) is 4.48. The number of aryl methyl sites for hydroxylation is 1. The summed E-state index contributed by atoms with van der Waals surface area (Å²) in [5.74, 6) is 0.826. The number of furan rings is 1. The molecule has 1 fully saturated rings. The fraction of sp³-hybridized carbons (Fsp3) is 0.600. The predicted octanol–water partition coefficient (Wildman–Crippen LogP) is 1.93. The summed E-state index contributed by atoms with van der Waals surface area (Å²) in [6.07, 6.45) is 3.56. The maximum absolute atomic E-state index is 11.9. The van der Waals surface area contributed by atoms with Crippen molar-refractivity contribution in [3.05, 3.63) is 23.2 Å². The number of nitrogens with one attached hydrogen (secondary N) is 1. The molecule has 0 spiro atoms. The van der Waals surface area contributed by atoms with E-state index in [4.69, 9.17) is 10.2 Å². The van der Waals surface area contributed by atoms with E-state index in [0.717, 1.165) is 19.3 Å². The van der Waals surface area contributed by atoms with Crippen molar-refractivity contribution >= 4 is 24.3 Å². The second kappa shape index (κ2) is 8.19. The summed E-state index contributed by atoms with van der Waals surface area (Å²) in [4.78, 5) is 23.4. The van der Waals surface area contributed by atoms with Gasteiger partial charge in [-0.2, -0.15) is 0 Å². The molecule has 6 nitrogen and oxygen atoms in total. The Morgan fingerprint density at radius 1 is 1.45 bits per heavy atom. The highest BCUT2D eigenvalue weighted by Gasteiger charge is 2.26. The third-order valence-corrected chi connectivity index (χ3v) is 4.00. The minimum absolute atomic E-state index is 0. The number of amides is 1. The van der Waals surface area contributed by atoms with Crippen LogP contribution in [0.4, 0.5) is 0 Å². The van der Waals surface area contributed by atoms with Gasteiger partial charge in [0.15, 0.2) is 0 Å². The number of rotatable bonds is 5. The van der Waals surface area contributed by atoms with Crippen LogP contribution in [-0.2, 0) is 16.1 Å². The van der Waals surface area contributed by atoms with Crippen LogP contribution >= 0.6 is 12.4 Å². The Hall–Kier alpha value is -1.53. The van der Waals surface area contributed by atoms with Crippen molar-refractivity contribution in [2.45, 2.75) is 45.2 Å². The van der Waals surface area contributed by atoms with Gasteiger partial charge < -0.3 is 20.2 Å². The smallest absolute Gasteiger partial charge is 0.341 e. The highest BCUT2D eigenvalue weighted by atomic mass is 35.5. The summed E-state index contributed by atoms with van der Waals surface area (Å²) >= 11 is 0. The van der Waals surface area contributed by atoms with Gasteiger partial charge in [0, 0.05) is 12.5 Å². The summed E-state index contributed by atoms with van der Waals surface area (Å²) in [5.41, 5.74) is 6.34. The van der Waals surface area contributed by atoms with Gasteiger partial charge in [-0.05, 0) is 31.7 Å². The van der Waals surface area contributed by atoms with Gasteiger partial charge >= 0.3 is 5.97 Å². The predicted molar refractivity (Wildman–Crippen MR) is 83.8 cm³/mol. The highest BCUT2D eigenvalue weighted by Crippen LogP contribution is 2.26. The van der Waals surface area contributed by atoms with Gasteiger partial charge in [0.25, 0.3) is 0 Å². The van der Waals surface area contributed by atoms with Gasteiger partial charge in [-0.1, -0.05) is 6.42 Å². The van der Waals surface area contributed by atoms with Crippen LogP contribution in [0.3, 0.4) is 0 Å². The maximum Gasteiger partial charge on any atom is 0.341 e. The van der Waals surface area contributed by atoms with E-state index in [0.29, 0.717) is 23.5 Å². The van der Waals surface area contributed by atoms with Crippen LogP contribution in [0.1, 0.15) is 47.6 Å². The molecule has 1 aromatic heterocycles. The molecule has 2 atom stereocenters. The average molecular weight is 331 g/mol. The maximum atomic E-state index is 11.9. The Balaban J connectivity index is 0.00000242. The molecule has 2 rings (SSSR count). The Morgan fingerprint density at radius 2 is 2.18 bits per heavy atom. The number of hydrogen-bond acceptors (Lipinski definition) is 5. The summed E-state index contributed by atoms with van der Waals surface area (Å²) in [6.45, 7) is 1.95. The van der Waals surface area contributed by atoms with E-state index < -0.39 is 5.97 Å². The monoisotopic (exact) mass is 330 g/mol. The molecule has 0 aromatic carbocycles. The number of halogens is 1.